The van der Waals surface area contributed by atoms with E-state index in [2.05, 4.69) is 29.4 Å². The van der Waals surface area contributed by atoms with E-state index in [0.29, 0.717) is 24.6 Å². The first-order chi connectivity index (χ1) is 10.1. The molecule has 0 aliphatic carbocycles. The first-order valence-corrected chi connectivity index (χ1v) is 7.31. The lowest BCUT2D eigenvalue weighted by Gasteiger charge is -2.14. The number of aromatic nitrogens is 3. The summed E-state index contributed by atoms with van der Waals surface area (Å²) < 4.78 is 6.90. The van der Waals surface area contributed by atoms with E-state index in [1.54, 1.807) is 17.1 Å². The summed E-state index contributed by atoms with van der Waals surface area (Å²) in [6, 6.07) is 3.41. The second-order valence-electron chi connectivity index (χ2n) is 5.51. The zero-order valence-electron chi connectivity index (χ0n) is 12.7. The van der Waals surface area contributed by atoms with Crippen LogP contribution in [0, 0.1) is 5.92 Å². The Bertz CT molecular complexity index is 560. The van der Waals surface area contributed by atoms with Gasteiger partial charge in [0.15, 0.2) is 5.76 Å². The minimum atomic E-state index is -0.293. The van der Waals surface area contributed by atoms with E-state index in [0.717, 1.165) is 12.1 Å². The van der Waals surface area contributed by atoms with Crippen molar-refractivity contribution in [2.75, 3.05) is 0 Å². The number of carbonyl (C=O) groups is 1. The predicted octanol–water partition coefficient (Wildman–Crippen LogP) is 2.34. The quantitative estimate of drug-likeness (QED) is 0.849. The molecule has 0 saturated heterocycles. The van der Waals surface area contributed by atoms with Crippen LogP contribution in [0.25, 0.3) is 0 Å². The molecular weight excluding hydrogens is 268 g/mol. The highest BCUT2D eigenvalue weighted by molar-refractivity contribution is 5.80. The van der Waals surface area contributed by atoms with Gasteiger partial charge in [0.25, 0.3) is 0 Å². The fourth-order valence-corrected chi connectivity index (χ4v) is 2.20. The van der Waals surface area contributed by atoms with E-state index in [9.17, 15) is 4.79 Å². The van der Waals surface area contributed by atoms with Crippen LogP contribution in [0.4, 0.5) is 0 Å². The third kappa shape index (κ3) is 4.18. The molecule has 0 spiro atoms. The molecule has 114 valence electrons. The van der Waals surface area contributed by atoms with E-state index in [4.69, 9.17) is 4.52 Å². The highest BCUT2D eigenvalue weighted by atomic mass is 16.5. The van der Waals surface area contributed by atoms with Crippen molar-refractivity contribution in [3.63, 3.8) is 0 Å². The minimum Gasteiger partial charge on any atom is -0.359 e. The van der Waals surface area contributed by atoms with Crippen molar-refractivity contribution >= 4 is 5.91 Å². The molecule has 6 heteroatoms. The molecule has 0 radical (unpaired) electrons. The number of amides is 1. The number of hydrogen-bond donors (Lipinski definition) is 1. The first kappa shape index (κ1) is 15.3. The van der Waals surface area contributed by atoms with Gasteiger partial charge in [0.1, 0.15) is 6.04 Å². The van der Waals surface area contributed by atoms with Crippen LogP contribution in [0.1, 0.15) is 44.7 Å². The van der Waals surface area contributed by atoms with E-state index in [-0.39, 0.29) is 11.9 Å². The number of nitrogens with one attached hydrogen (secondary N) is 1. The number of hydrogen-bond acceptors (Lipinski definition) is 4. The van der Waals surface area contributed by atoms with Crippen LogP contribution >= 0.6 is 0 Å². The molecule has 2 aromatic heterocycles. The first-order valence-electron chi connectivity index (χ1n) is 7.31. The Hall–Kier alpha value is -2.11. The lowest BCUT2D eigenvalue weighted by atomic mass is 10.1. The van der Waals surface area contributed by atoms with Crippen LogP contribution in [0.15, 0.2) is 29.0 Å². The molecule has 21 heavy (non-hydrogen) atoms. The van der Waals surface area contributed by atoms with Gasteiger partial charge < -0.3 is 9.84 Å². The van der Waals surface area contributed by atoms with E-state index in [1.807, 2.05) is 19.1 Å². The van der Waals surface area contributed by atoms with Gasteiger partial charge in [-0.1, -0.05) is 25.9 Å². The Labute approximate surface area is 124 Å². The molecule has 0 unspecified atom stereocenters. The zero-order valence-corrected chi connectivity index (χ0v) is 12.7. The number of nitrogens with zero attached hydrogens (tertiary/aromatic N) is 3. The molecule has 1 atom stereocenters. The van der Waals surface area contributed by atoms with Crippen LogP contribution < -0.4 is 5.32 Å². The van der Waals surface area contributed by atoms with Gasteiger partial charge in [0.2, 0.25) is 5.91 Å². The Morgan fingerprint density at radius 1 is 1.48 bits per heavy atom. The van der Waals surface area contributed by atoms with E-state index < -0.39 is 0 Å². The molecule has 1 amide bonds. The lowest BCUT2D eigenvalue weighted by molar-refractivity contribution is -0.125. The lowest BCUT2D eigenvalue weighted by Crippen LogP contribution is -2.32. The maximum absolute atomic E-state index is 12.2. The molecule has 6 nitrogen and oxygen atoms in total. The van der Waals surface area contributed by atoms with Crippen molar-refractivity contribution in [1.82, 2.24) is 20.3 Å². The van der Waals surface area contributed by atoms with Crippen LogP contribution in [0.3, 0.4) is 0 Å². The van der Waals surface area contributed by atoms with Crippen LogP contribution in [0.5, 0.6) is 0 Å². The van der Waals surface area contributed by atoms with Crippen molar-refractivity contribution in [2.45, 2.75) is 46.2 Å². The Balaban J connectivity index is 1.90. The third-order valence-corrected chi connectivity index (χ3v) is 3.20. The monoisotopic (exact) mass is 290 g/mol. The largest absolute Gasteiger partial charge is 0.359 e. The third-order valence-electron chi connectivity index (χ3n) is 3.20. The topological polar surface area (TPSA) is 73.0 Å². The Morgan fingerprint density at radius 2 is 2.29 bits per heavy atom. The van der Waals surface area contributed by atoms with E-state index in [1.165, 1.54) is 0 Å². The average Bonchev–Trinajstić information content (AvgIpc) is 3.08. The minimum absolute atomic E-state index is 0.0667. The zero-order chi connectivity index (χ0) is 15.2. The van der Waals surface area contributed by atoms with Crippen LogP contribution in [-0.2, 0) is 17.8 Å². The molecule has 0 bridgehead atoms. The van der Waals surface area contributed by atoms with Crippen LogP contribution in [-0.4, -0.2) is 20.8 Å². The molecule has 0 fully saturated rings. The van der Waals surface area contributed by atoms with Crippen molar-refractivity contribution in [2.24, 2.45) is 5.92 Å². The Morgan fingerprint density at radius 3 is 2.90 bits per heavy atom. The van der Waals surface area contributed by atoms with Gasteiger partial charge in [0, 0.05) is 18.5 Å². The smallest absolute Gasteiger partial charge is 0.245 e. The number of carbonyl (C=O) groups excluding carboxylic acids is 1. The van der Waals surface area contributed by atoms with Crippen LogP contribution in [0.2, 0.25) is 0 Å². The molecule has 0 aromatic carbocycles. The normalized spacial score (nSPS) is 12.6. The summed E-state index contributed by atoms with van der Waals surface area (Å²) >= 11 is 0. The fourth-order valence-electron chi connectivity index (χ4n) is 2.20. The summed E-state index contributed by atoms with van der Waals surface area (Å²) in [6.45, 7) is 6.57. The molecule has 0 aliphatic heterocycles. The summed E-state index contributed by atoms with van der Waals surface area (Å²) in [5.74, 6) is 1.14. The van der Waals surface area contributed by atoms with Gasteiger partial charge in [-0.2, -0.15) is 5.10 Å². The molecular formula is C15H22N4O2. The Kier molecular flexibility index (Phi) is 5.14. The SMILES string of the molecule is CC[C@@H](C(=O)NCc1cc(CC(C)C)no1)n1cccn1. The second-order valence-corrected chi connectivity index (χ2v) is 5.51. The maximum Gasteiger partial charge on any atom is 0.245 e. The second kappa shape index (κ2) is 7.06. The summed E-state index contributed by atoms with van der Waals surface area (Å²) in [5.41, 5.74) is 0.924. The molecule has 2 rings (SSSR count). The summed E-state index contributed by atoms with van der Waals surface area (Å²) in [4.78, 5) is 12.2. The highest BCUT2D eigenvalue weighted by Crippen LogP contribution is 2.12. The number of rotatable bonds is 7. The van der Waals surface area contributed by atoms with Gasteiger partial charge >= 0.3 is 0 Å². The van der Waals surface area contributed by atoms with E-state index >= 15 is 0 Å². The van der Waals surface area contributed by atoms with Crippen molar-refractivity contribution in [3.8, 4) is 0 Å². The summed E-state index contributed by atoms with van der Waals surface area (Å²) in [7, 11) is 0. The van der Waals surface area contributed by atoms with Gasteiger partial charge in [-0.15, -0.1) is 0 Å². The maximum atomic E-state index is 12.2. The molecule has 0 aliphatic rings. The van der Waals surface area contributed by atoms with Gasteiger partial charge in [-0.25, -0.2) is 0 Å². The van der Waals surface area contributed by atoms with Gasteiger partial charge in [-0.05, 0) is 24.8 Å². The standard InChI is InChI=1S/C15H22N4O2/c1-4-14(19-7-5-6-17-19)15(20)16-10-13-9-12(18-21-13)8-11(2)3/h5-7,9,11,14H,4,8,10H2,1-3H3,(H,16,20)/t14-/m0/s1. The molecule has 1 N–H and O–H groups in total. The van der Waals surface area contributed by atoms with Gasteiger partial charge in [-0.3, -0.25) is 9.48 Å². The molecule has 2 heterocycles. The molecule has 2 aromatic rings. The molecule has 0 saturated carbocycles. The van der Waals surface area contributed by atoms with Crippen molar-refractivity contribution in [3.05, 3.63) is 36.0 Å². The highest BCUT2D eigenvalue weighted by Gasteiger charge is 2.18. The summed E-state index contributed by atoms with van der Waals surface area (Å²) in [5, 5.41) is 11.0. The van der Waals surface area contributed by atoms with Gasteiger partial charge in [0.05, 0.1) is 12.2 Å². The predicted molar refractivity (Wildman–Crippen MR) is 78.4 cm³/mol. The van der Waals surface area contributed by atoms with Crippen molar-refractivity contribution in [1.29, 1.82) is 0 Å². The average molecular weight is 290 g/mol. The summed E-state index contributed by atoms with van der Waals surface area (Å²) in [6.07, 6.45) is 5.03. The van der Waals surface area contributed by atoms with Crippen molar-refractivity contribution < 1.29 is 9.32 Å². The fraction of sp³-hybridized carbons (Fsp3) is 0.533.